The van der Waals surface area contributed by atoms with Crippen LogP contribution in [-0.4, -0.2) is 33.0 Å². The molecule has 0 saturated carbocycles. The molecular weight excluding hydrogens is 274 g/mol. The number of anilines is 1. The molecule has 1 aliphatic heterocycles. The van der Waals surface area contributed by atoms with Crippen LogP contribution in [0.1, 0.15) is 19.3 Å². The van der Waals surface area contributed by atoms with E-state index < -0.39 is 4.92 Å². The van der Waals surface area contributed by atoms with Gasteiger partial charge in [0.2, 0.25) is 0 Å². The van der Waals surface area contributed by atoms with Crippen molar-refractivity contribution < 1.29 is 4.92 Å². The molecule has 1 aromatic heterocycles. The molecule has 0 spiro atoms. The Kier molecular flexibility index (Phi) is 3.53. The molecule has 0 unspecified atom stereocenters. The smallest absolute Gasteiger partial charge is 0.294 e. The van der Waals surface area contributed by atoms with Gasteiger partial charge in [-0.05, 0) is 18.9 Å². The fourth-order valence-electron chi connectivity index (χ4n) is 2.52. The number of H-pyrrole nitrogens is 1. The largest absolute Gasteiger partial charge is 0.313 e. The summed E-state index contributed by atoms with van der Waals surface area (Å²) < 4.78 is 0. The fourth-order valence-corrected chi connectivity index (χ4v) is 2.52. The van der Waals surface area contributed by atoms with Crippen LogP contribution in [0.2, 0.25) is 0 Å². The van der Waals surface area contributed by atoms with Crippen LogP contribution in [0.15, 0.2) is 23.3 Å². The standard InChI is InChI=1S/C13H15N5O3/c19-13-9-6-12(18(20)21)11(7-10(9)14-8-15-13)16-17-4-2-1-3-5-17/h6-8,16H,1-5H2,(H,14,15,19). The van der Waals surface area contributed by atoms with Gasteiger partial charge in [0.25, 0.3) is 11.2 Å². The lowest BCUT2D eigenvalue weighted by atomic mass is 10.1. The Hall–Kier alpha value is -2.48. The highest BCUT2D eigenvalue weighted by Crippen LogP contribution is 2.28. The molecule has 110 valence electrons. The summed E-state index contributed by atoms with van der Waals surface area (Å²) in [4.78, 5) is 28.9. The van der Waals surface area contributed by atoms with E-state index in [2.05, 4.69) is 15.4 Å². The Balaban J connectivity index is 2.05. The van der Waals surface area contributed by atoms with Gasteiger partial charge in [-0.25, -0.2) is 9.99 Å². The van der Waals surface area contributed by atoms with E-state index in [-0.39, 0.29) is 16.6 Å². The number of piperidine rings is 1. The molecule has 0 bridgehead atoms. The van der Waals surface area contributed by atoms with Crippen molar-refractivity contribution in [2.24, 2.45) is 0 Å². The van der Waals surface area contributed by atoms with Crippen molar-refractivity contribution in [3.8, 4) is 0 Å². The topological polar surface area (TPSA) is 104 Å². The van der Waals surface area contributed by atoms with Gasteiger partial charge in [0.05, 0.1) is 22.2 Å². The number of nitro benzene ring substituents is 1. The molecule has 0 atom stereocenters. The van der Waals surface area contributed by atoms with Gasteiger partial charge in [0, 0.05) is 19.2 Å². The Morgan fingerprint density at radius 3 is 2.76 bits per heavy atom. The molecular formula is C13H15N5O3. The number of nitrogens with one attached hydrogen (secondary N) is 2. The molecule has 21 heavy (non-hydrogen) atoms. The molecule has 1 aliphatic rings. The van der Waals surface area contributed by atoms with Crippen molar-refractivity contribution in [1.29, 1.82) is 0 Å². The number of hydrogen-bond acceptors (Lipinski definition) is 6. The fraction of sp³-hybridized carbons (Fsp3) is 0.385. The average molecular weight is 289 g/mol. The quantitative estimate of drug-likeness (QED) is 0.657. The molecule has 3 rings (SSSR count). The number of nitrogens with zero attached hydrogens (tertiary/aromatic N) is 3. The van der Waals surface area contributed by atoms with Crippen molar-refractivity contribution in [2.45, 2.75) is 19.3 Å². The number of rotatable bonds is 3. The Bertz CT molecular complexity index is 736. The van der Waals surface area contributed by atoms with Crippen LogP contribution < -0.4 is 11.0 Å². The molecule has 0 amide bonds. The second-order valence-electron chi connectivity index (χ2n) is 5.03. The predicted molar refractivity (Wildman–Crippen MR) is 78.1 cm³/mol. The maximum atomic E-state index is 11.7. The highest BCUT2D eigenvalue weighted by Gasteiger charge is 2.20. The normalized spacial score (nSPS) is 16.0. The van der Waals surface area contributed by atoms with Crippen LogP contribution in [0.25, 0.3) is 10.9 Å². The third-order valence-corrected chi connectivity index (χ3v) is 3.59. The summed E-state index contributed by atoms with van der Waals surface area (Å²) in [6.07, 6.45) is 4.59. The number of hydrogen-bond donors (Lipinski definition) is 2. The van der Waals surface area contributed by atoms with Crippen LogP contribution in [-0.2, 0) is 0 Å². The highest BCUT2D eigenvalue weighted by atomic mass is 16.6. The molecule has 2 aromatic rings. The van der Waals surface area contributed by atoms with E-state index in [9.17, 15) is 14.9 Å². The second-order valence-corrected chi connectivity index (χ2v) is 5.03. The molecule has 1 saturated heterocycles. The molecule has 8 nitrogen and oxygen atoms in total. The van der Waals surface area contributed by atoms with Crippen LogP contribution in [0.3, 0.4) is 0 Å². The van der Waals surface area contributed by atoms with Gasteiger partial charge in [0.1, 0.15) is 5.69 Å². The van der Waals surface area contributed by atoms with Crippen LogP contribution in [0, 0.1) is 10.1 Å². The summed E-state index contributed by atoms with van der Waals surface area (Å²) >= 11 is 0. The lowest BCUT2D eigenvalue weighted by Crippen LogP contribution is -2.35. The zero-order valence-corrected chi connectivity index (χ0v) is 11.3. The van der Waals surface area contributed by atoms with Crippen molar-refractivity contribution in [1.82, 2.24) is 15.0 Å². The lowest BCUT2D eigenvalue weighted by Gasteiger charge is -2.27. The maximum absolute atomic E-state index is 11.7. The van der Waals surface area contributed by atoms with Gasteiger partial charge in [-0.2, -0.15) is 0 Å². The Morgan fingerprint density at radius 1 is 1.29 bits per heavy atom. The number of nitro groups is 1. The van der Waals surface area contributed by atoms with Gasteiger partial charge in [0.15, 0.2) is 0 Å². The maximum Gasteiger partial charge on any atom is 0.294 e. The third kappa shape index (κ3) is 2.70. The van der Waals surface area contributed by atoms with E-state index in [1.807, 2.05) is 5.01 Å². The zero-order chi connectivity index (χ0) is 14.8. The highest BCUT2D eigenvalue weighted by molar-refractivity contribution is 5.86. The Morgan fingerprint density at radius 2 is 2.05 bits per heavy atom. The lowest BCUT2D eigenvalue weighted by molar-refractivity contribution is -0.383. The number of hydrazine groups is 1. The summed E-state index contributed by atoms with van der Waals surface area (Å²) in [5.41, 5.74) is 3.38. The van der Waals surface area contributed by atoms with Gasteiger partial charge in [-0.3, -0.25) is 14.9 Å². The summed E-state index contributed by atoms with van der Waals surface area (Å²) in [6, 6.07) is 2.82. The van der Waals surface area contributed by atoms with E-state index in [0.29, 0.717) is 11.2 Å². The molecule has 0 radical (unpaired) electrons. The van der Waals surface area contributed by atoms with Crippen molar-refractivity contribution in [3.05, 3.63) is 38.9 Å². The molecule has 1 aromatic carbocycles. The summed E-state index contributed by atoms with van der Waals surface area (Å²) in [6.45, 7) is 1.69. The monoisotopic (exact) mass is 289 g/mol. The third-order valence-electron chi connectivity index (χ3n) is 3.59. The van der Waals surface area contributed by atoms with E-state index in [0.717, 1.165) is 25.9 Å². The molecule has 8 heteroatoms. The van der Waals surface area contributed by atoms with Crippen LogP contribution in [0.5, 0.6) is 0 Å². The first-order valence-corrected chi connectivity index (χ1v) is 6.82. The second kappa shape index (κ2) is 5.49. The van der Waals surface area contributed by atoms with Gasteiger partial charge >= 0.3 is 0 Å². The summed E-state index contributed by atoms with van der Waals surface area (Å²) in [5.74, 6) is 0. The molecule has 1 fully saturated rings. The molecule has 0 aliphatic carbocycles. The summed E-state index contributed by atoms with van der Waals surface area (Å²) in [7, 11) is 0. The van der Waals surface area contributed by atoms with Gasteiger partial charge < -0.3 is 10.4 Å². The average Bonchev–Trinajstić information content (AvgIpc) is 2.48. The van der Waals surface area contributed by atoms with E-state index >= 15 is 0 Å². The number of aromatic nitrogens is 2. The van der Waals surface area contributed by atoms with Crippen LogP contribution >= 0.6 is 0 Å². The van der Waals surface area contributed by atoms with Crippen molar-refractivity contribution in [3.63, 3.8) is 0 Å². The van der Waals surface area contributed by atoms with Gasteiger partial charge in [-0.1, -0.05) is 6.42 Å². The first kappa shape index (κ1) is 13.5. The minimum Gasteiger partial charge on any atom is -0.313 e. The molecule has 2 heterocycles. The van der Waals surface area contributed by atoms with E-state index in [1.54, 1.807) is 6.07 Å². The molecule has 2 N–H and O–H groups in total. The minimum absolute atomic E-state index is 0.119. The minimum atomic E-state index is -0.488. The summed E-state index contributed by atoms with van der Waals surface area (Å²) in [5, 5.41) is 13.4. The van der Waals surface area contributed by atoms with Crippen LogP contribution in [0.4, 0.5) is 11.4 Å². The number of aromatic amines is 1. The van der Waals surface area contributed by atoms with Crippen molar-refractivity contribution in [2.75, 3.05) is 18.5 Å². The van der Waals surface area contributed by atoms with Gasteiger partial charge in [-0.15, -0.1) is 0 Å². The van der Waals surface area contributed by atoms with E-state index in [4.69, 9.17) is 0 Å². The first-order valence-electron chi connectivity index (χ1n) is 6.82. The number of benzene rings is 1. The SMILES string of the molecule is O=c1[nH]cnc2cc(NN3CCCCC3)c([N+](=O)[O-])cc12. The van der Waals surface area contributed by atoms with Crippen molar-refractivity contribution >= 4 is 22.3 Å². The number of fused-ring (bicyclic) bond motifs is 1. The Labute approximate surface area is 119 Å². The predicted octanol–water partition coefficient (Wildman–Crippen LogP) is 1.64. The van der Waals surface area contributed by atoms with E-state index in [1.165, 1.54) is 18.8 Å². The first-order chi connectivity index (χ1) is 10.1. The zero-order valence-electron chi connectivity index (χ0n) is 11.3.